The fraction of sp³-hybridized carbons (Fsp3) is 0.261. The molecule has 1 N–H and O–H groups in total. The lowest BCUT2D eigenvalue weighted by molar-refractivity contribution is -0.255. The Labute approximate surface area is 177 Å². The fourth-order valence-corrected chi connectivity index (χ4v) is 3.99. The molecule has 4 rings (SSSR count). The summed E-state index contributed by atoms with van der Waals surface area (Å²) in [6.45, 7) is 1.89. The van der Waals surface area contributed by atoms with Gasteiger partial charge in [-0.3, -0.25) is 0 Å². The van der Waals surface area contributed by atoms with Crippen LogP contribution in [0.15, 0.2) is 48.7 Å². The number of alkyl halides is 3. The van der Waals surface area contributed by atoms with Crippen LogP contribution in [-0.2, 0) is 12.6 Å². The van der Waals surface area contributed by atoms with Crippen molar-refractivity contribution in [1.29, 1.82) is 0 Å². The van der Waals surface area contributed by atoms with Crippen molar-refractivity contribution in [3.8, 4) is 0 Å². The number of aromatic nitrogens is 2. The molecule has 0 amide bonds. The van der Waals surface area contributed by atoms with E-state index in [-0.39, 0.29) is 17.3 Å². The molecule has 1 aliphatic rings. The first-order chi connectivity index (χ1) is 14.7. The van der Waals surface area contributed by atoms with Crippen molar-refractivity contribution < 1.29 is 23.1 Å². The van der Waals surface area contributed by atoms with Gasteiger partial charge in [0.25, 0.3) is 0 Å². The first kappa shape index (κ1) is 20.8. The van der Waals surface area contributed by atoms with E-state index < -0.39 is 17.7 Å². The zero-order valence-electron chi connectivity index (χ0n) is 16.7. The Balaban J connectivity index is 1.66. The van der Waals surface area contributed by atoms with Gasteiger partial charge in [0.15, 0.2) is 0 Å². The number of halogens is 3. The fourth-order valence-electron chi connectivity index (χ4n) is 3.99. The summed E-state index contributed by atoms with van der Waals surface area (Å²) in [5.41, 5.74) is 3.00. The van der Waals surface area contributed by atoms with Crippen LogP contribution in [0.3, 0.4) is 0 Å². The molecule has 1 aromatic carbocycles. The molecular formula is C23H19F3N3O2-. The van der Waals surface area contributed by atoms with Gasteiger partial charge in [0.05, 0.1) is 17.2 Å². The molecule has 0 bridgehead atoms. The molecule has 0 radical (unpaired) electrons. The number of carbonyl (C=O) groups is 1. The largest absolute Gasteiger partial charge is 0.545 e. The number of hydrogen-bond acceptors (Lipinski definition) is 5. The average Bonchev–Trinajstić information content (AvgIpc) is 2.72. The van der Waals surface area contributed by atoms with Crippen LogP contribution in [0, 0.1) is 6.92 Å². The first-order valence-corrected chi connectivity index (χ1v) is 9.84. The highest BCUT2D eigenvalue weighted by atomic mass is 19.4. The maximum Gasteiger partial charge on any atom is 0.416 e. The summed E-state index contributed by atoms with van der Waals surface area (Å²) in [5.74, 6) is -0.782. The maximum atomic E-state index is 13.0. The van der Waals surface area contributed by atoms with Crippen LogP contribution in [0.25, 0.3) is 0 Å². The monoisotopic (exact) mass is 426 g/mol. The lowest BCUT2D eigenvalue weighted by Crippen LogP contribution is -2.23. The quantitative estimate of drug-likeness (QED) is 0.670. The molecule has 2 aromatic heterocycles. The van der Waals surface area contributed by atoms with Crippen molar-refractivity contribution in [3.63, 3.8) is 0 Å². The Morgan fingerprint density at radius 3 is 2.68 bits per heavy atom. The van der Waals surface area contributed by atoms with Gasteiger partial charge in [-0.1, -0.05) is 12.1 Å². The van der Waals surface area contributed by atoms with E-state index in [9.17, 15) is 23.1 Å². The highest BCUT2D eigenvalue weighted by molar-refractivity contribution is 5.86. The third-order valence-corrected chi connectivity index (χ3v) is 5.38. The molecule has 31 heavy (non-hydrogen) atoms. The van der Waals surface area contributed by atoms with Crippen LogP contribution in [0.5, 0.6) is 0 Å². The number of nitrogens with one attached hydrogen (secondary N) is 1. The number of aromatic carboxylic acids is 1. The molecule has 8 heteroatoms. The van der Waals surface area contributed by atoms with Crippen LogP contribution in [-0.4, -0.2) is 15.9 Å². The zero-order chi connectivity index (χ0) is 22.2. The van der Waals surface area contributed by atoms with Gasteiger partial charge in [-0.05, 0) is 78.8 Å². The second-order valence-electron chi connectivity index (χ2n) is 7.65. The summed E-state index contributed by atoms with van der Waals surface area (Å²) < 4.78 is 39.0. The number of carbonyl (C=O) groups excluding carboxylic acids is 1. The minimum absolute atomic E-state index is 0.0329. The van der Waals surface area contributed by atoms with Crippen molar-refractivity contribution in [1.82, 2.24) is 9.97 Å². The van der Waals surface area contributed by atoms with Gasteiger partial charge in [0, 0.05) is 12.1 Å². The summed E-state index contributed by atoms with van der Waals surface area (Å²) in [6, 6.07) is 10.5. The third-order valence-electron chi connectivity index (χ3n) is 5.38. The molecule has 0 aliphatic heterocycles. The predicted molar refractivity (Wildman–Crippen MR) is 107 cm³/mol. The van der Waals surface area contributed by atoms with E-state index in [0.29, 0.717) is 5.82 Å². The van der Waals surface area contributed by atoms with E-state index in [1.807, 2.05) is 13.0 Å². The minimum Gasteiger partial charge on any atom is -0.545 e. The lowest BCUT2D eigenvalue weighted by atomic mass is 9.80. The topological polar surface area (TPSA) is 77.9 Å². The van der Waals surface area contributed by atoms with E-state index >= 15 is 0 Å². The summed E-state index contributed by atoms with van der Waals surface area (Å²) in [6.07, 6.45) is -0.857. The number of anilines is 2. The van der Waals surface area contributed by atoms with Gasteiger partial charge >= 0.3 is 6.18 Å². The van der Waals surface area contributed by atoms with Gasteiger partial charge < -0.3 is 15.2 Å². The van der Waals surface area contributed by atoms with Crippen LogP contribution in [0.2, 0.25) is 0 Å². The number of hydrogen-bond donors (Lipinski definition) is 1. The lowest BCUT2D eigenvalue weighted by Gasteiger charge is -2.26. The number of rotatable bonds is 4. The molecule has 1 unspecified atom stereocenters. The van der Waals surface area contributed by atoms with Gasteiger partial charge in [0.2, 0.25) is 0 Å². The standard InChI is InChI=1S/C23H20F3N3O2/c1-13-9-19(18-4-2-3-14-11-15(22(30)31)5-6-17(14)18)28-21(10-13)29-20-12-16(7-8-27-20)23(24,25)26/h5-12,18H,2-4H2,1H3,(H,30,31)(H,27,28,29)/p-1. The SMILES string of the molecule is Cc1cc(Nc2cc(C(F)(F)F)ccn2)nc(C2CCCc3cc(C(=O)[O-])ccc32)c1. The Morgan fingerprint density at radius 1 is 1.13 bits per heavy atom. The number of nitrogens with zero attached hydrogens (tertiary/aromatic N) is 2. The minimum atomic E-state index is -4.46. The highest BCUT2D eigenvalue weighted by Crippen LogP contribution is 2.37. The van der Waals surface area contributed by atoms with Gasteiger partial charge in [0.1, 0.15) is 11.6 Å². The van der Waals surface area contributed by atoms with Crippen molar-refractivity contribution in [2.75, 3.05) is 5.32 Å². The molecular weight excluding hydrogens is 407 g/mol. The molecule has 1 atom stereocenters. The van der Waals surface area contributed by atoms with Crippen molar-refractivity contribution in [2.45, 2.75) is 38.3 Å². The van der Waals surface area contributed by atoms with E-state index in [4.69, 9.17) is 0 Å². The Kier molecular flexibility index (Phi) is 5.39. The van der Waals surface area contributed by atoms with Crippen molar-refractivity contribution in [3.05, 3.63) is 82.2 Å². The van der Waals surface area contributed by atoms with Gasteiger partial charge in [-0.15, -0.1) is 0 Å². The van der Waals surface area contributed by atoms with E-state index in [1.54, 1.807) is 18.2 Å². The van der Waals surface area contributed by atoms with Crippen LogP contribution < -0.4 is 10.4 Å². The molecule has 0 fully saturated rings. The average molecular weight is 426 g/mol. The Morgan fingerprint density at radius 2 is 1.94 bits per heavy atom. The van der Waals surface area contributed by atoms with Crippen molar-refractivity contribution >= 4 is 17.6 Å². The molecule has 1 aliphatic carbocycles. The van der Waals surface area contributed by atoms with Gasteiger partial charge in [-0.2, -0.15) is 13.2 Å². The highest BCUT2D eigenvalue weighted by Gasteiger charge is 2.31. The molecule has 3 aromatic rings. The molecule has 5 nitrogen and oxygen atoms in total. The molecule has 2 heterocycles. The summed E-state index contributed by atoms with van der Waals surface area (Å²) >= 11 is 0. The molecule has 0 spiro atoms. The maximum absolute atomic E-state index is 13.0. The van der Waals surface area contributed by atoms with E-state index in [2.05, 4.69) is 15.3 Å². The number of fused-ring (bicyclic) bond motifs is 1. The van der Waals surface area contributed by atoms with Crippen LogP contribution >= 0.6 is 0 Å². The number of carboxylic acid groups (broad SMARTS) is 1. The molecule has 0 saturated heterocycles. The van der Waals surface area contributed by atoms with E-state index in [1.165, 1.54) is 6.07 Å². The second kappa shape index (κ2) is 8.02. The summed E-state index contributed by atoms with van der Waals surface area (Å²) in [5, 5.41) is 14.1. The number of aryl methyl sites for hydroxylation is 2. The number of benzene rings is 1. The normalized spacial score (nSPS) is 15.9. The number of pyridine rings is 2. The molecule has 0 saturated carbocycles. The summed E-state index contributed by atoms with van der Waals surface area (Å²) in [7, 11) is 0. The third kappa shape index (κ3) is 4.52. The zero-order valence-corrected chi connectivity index (χ0v) is 16.7. The summed E-state index contributed by atoms with van der Waals surface area (Å²) in [4.78, 5) is 19.8. The van der Waals surface area contributed by atoms with Crippen LogP contribution in [0.4, 0.5) is 24.8 Å². The predicted octanol–water partition coefficient (Wildman–Crippen LogP) is 4.38. The molecule has 160 valence electrons. The van der Waals surface area contributed by atoms with E-state index in [0.717, 1.165) is 60.0 Å². The smallest absolute Gasteiger partial charge is 0.416 e. The van der Waals surface area contributed by atoms with Crippen molar-refractivity contribution in [2.24, 2.45) is 0 Å². The number of carboxylic acids is 1. The first-order valence-electron chi connectivity index (χ1n) is 9.84. The van der Waals surface area contributed by atoms with Crippen LogP contribution in [0.1, 0.15) is 57.1 Å². The second-order valence-corrected chi connectivity index (χ2v) is 7.65. The Bertz CT molecular complexity index is 1150. The Hall–Kier alpha value is -3.42. The van der Waals surface area contributed by atoms with Gasteiger partial charge in [-0.25, -0.2) is 9.97 Å².